The lowest BCUT2D eigenvalue weighted by molar-refractivity contribution is 1.25. The molecule has 0 aliphatic rings. The summed E-state index contributed by atoms with van der Waals surface area (Å²) in [6.45, 7) is 8.04. The van der Waals surface area contributed by atoms with Crippen LogP contribution in [0.15, 0.2) is 12.3 Å². The first kappa shape index (κ1) is 10.2. The van der Waals surface area contributed by atoms with Gasteiger partial charge in [-0.3, -0.25) is 4.98 Å². The van der Waals surface area contributed by atoms with Crippen molar-refractivity contribution in [2.24, 2.45) is 0 Å². The zero-order valence-corrected chi connectivity index (χ0v) is 7.68. The van der Waals surface area contributed by atoms with Crippen molar-refractivity contribution in [3.05, 3.63) is 23.4 Å². The summed E-state index contributed by atoms with van der Waals surface area (Å²) in [5.74, 6) is 0. The molecule has 0 saturated heterocycles. The highest BCUT2D eigenvalue weighted by atomic mass is 14.6. The molecule has 58 valence electrons. The molecule has 0 fully saturated rings. The van der Waals surface area contributed by atoms with Gasteiger partial charge in [0.2, 0.25) is 0 Å². The van der Waals surface area contributed by atoms with Crippen LogP contribution < -0.4 is 5.59 Å². The molecular weight excluding hydrogens is 133 g/mol. The van der Waals surface area contributed by atoms with Crippen molar-refractivity contribution in [1.29, 1.82) is 0 Å². The third-order valence-electron chi connectivity index (χ3n) is 1.39. The molecule has 0 bridgehead atoms. The Labute approximate surface area is 70.3 Å². The summed E-state index contributed by atoms with van der Waals surface area (Å²) < 4.78 is 0. The van der Waals surface area contributed by atoms with E-state index in [-0.39, 0.29) is 0 Å². The van der Waals surface area contributed by atoms with Gasteiger partial charge in [0.15, 0.2) is 0 Å². The Kier molecular flexibility index (Phi) is 4.59. The van der Waals surface area contributed by atoms with Crippen LogP contribution >= 0.6 is 0 Å². The number of hydrogen-bond acceptors (Lipinski definition) is 1. The van der Waals surface area contributed by atoms with Gasteiger partial charge in [0.05, 0.1) is 0 Å². The van der Waals surface area contributed by atoms with Crippen LogP contribution in [0.3, 0.4) is 0 Å². The zero-order chi connectivity index (χ0) is 8.85. The van der Waals surface area contributed by atoms with Gasteiger partial charge in [0, 0.05) is 6.20 Å². The second kappa shape index (κ2) is 4.94. The van der Waals surface area contributed by atoms with E-state index in [4.69, 9.17) is 7.85 Å². The molecular formula is C9H14BN. The number of pyridine rings is 1. The fourth-order valence-electron chi connectivity index (χ4n) is 0.646. The summed E-state index contributed by atoms with van der Waals surface area (Å²) in [6, 6.07) is 1.87. The first-order valence-electron chi connectivity index (χ1n) is 3.89. The normalized spacial score (nSPS) is 8.36. The van der Waals surface area contributed by atoms with Crippen LogP contribution in [0.5, 0.6) is 0 Å². The number of nitrogens with zero attached hydrogens (tertiary/aromatic N) is 1. The van der Waals surface area contributed by atoms with Crippen LogP contribution in [0.1, 0.15) is 25.0 Å². The van der Waals surface area contributed by atoms with Gasteiger partial charge in [0.1, 0.15) is 7.85 Å². The molecule has 0 saturated carbocycles. The second-order valence-corrected chi connectivity index (χ2v) is 2.19. The van der Waals surface area contributed by atoms with Gasteiger partial charge >= 0.3 is 0 Å². The molecule has 1 rings (SSSR count). The summed E-state index contributed by atoms with van der Waals surface area (Å²) in [4.78, 5) is 3.92. The van der Waals surface area contributed by atoms with Gasteiger partial charge in [-0.05, 0) is 36.6 Å². The van der Waals surface area contributed by atoms with Crippen LogP contribution in [0.25, 0.3) is 0 Å². The molecule has 2 heteroatoms. The smallest absolute Gasteiger partial charge is 0.141 e. The van der Waals surface area contributed by atoms with E-state index in [0.717, 1.165) is 0 Å². The fraction of sp³-hybridized carbons (Fsp3) is 0.444. The SMILES string of the molecule is CC.[B]c1cc(C)c(C)cn1. The van der Waals surface area contributed by atoms with Gasteiger partial charge in [-0.25, -0.2) is 0 Å². The summed E-state index contributed by atoms with van der Waals surface area (Å²) in [7, 11) is 5.42. The molecule has 0 amide bonds. The molecule has 1 nitrogen and oxygen atoms in total. The first-order valence-corrected chi connectivity index (χ1v) is 3.89. The van der Waals surface area contributed by atoms with Crippen LogP contribution in [0.4, 0.5) is 0 Å². The molecule has 0 aromatic carbocycles. The van der Waals surface area contributed by atoms with Crippen LogP contribution in [-0.4, -0.2) is 12.8 Å². The summed E-state index contributed by atoms with van der Waals surface area (Å²) in [5, 5.41) is 0. The quantitative estimate of drug-likeness (QED) is 0.507. The van der Waals surface area contributed by atoms with Crippen molar-refractivity contribution < 1.29 is 0 Å². The maximum Gasteiger partial charge on any atom is 0.141 e. The molecule has 0 unspecified atom stereocenters. The van der Waals surface area contributed by atoms with Crippen molar-refractivity contribution >= 4 is 13.4 Å². The lowest BCUT2D eigenvalue weighted by Gasteiger charge is -1.97. The Balaban J connectivity index is 0.000000461. The molecule has 0 aliphatic heterocycles. The van der Waals surface area contributed by atoms with Crippen LogP contribution in [0.2, 0.25) is 0 Å². The lowest BCUT2D eigenvalue weighted by atomic mass is 10.0. The van der Waals surface area contributed by atoms with Crippen LogP contribution in [0, 0.1) is 13.8 Å². The highest BCUT2D eigenvalue weighted by Crippen LogP contribution is 1.98. The van der Waals surface area contributed by atoms with Gasteiger partial charge in [0.25, 0.3) is 0 Å². The maximum atomic E-state index is 5.42. The third kappa shape index (κ3) is 3.21. The molecule has 2 radical (unpaired) electrons. The van der Waals surface area contributed by atoms with Gasteiger partial charge in [-0.15, -0.1) is 0 Å². The first-order chi connectivity index (χ1) is 5.20. The maximum absolute atomic E-state index is 5.42. The van der Waals surface area contributed by atoms with Gasteiger partial charge in [-0.1, -0.05) is 13.8 Å². The number of rotatable bonds is 0. The zero-order valence-electron chi connectivity index (χ0n) is 7.68. The molecule has 1 heterocycles. The third-order valence-corrected chi connectivity index (χ3v) is 1.39. The van der Waals surface area contributed by atoms with E-state index in [1.54, 1.807) is 6.20 Å². The minimum absolute atomic E-state index is 0.595. The van der Waals surface area contributed by atoms with E-state index in [1.807, 2.05) is 33.8 Å². The van der Waals surface area contributed by atoms with Crippen molar-refractivity contribution in [3.63, 3.8) is 0 Å². The van der Waals surface area contributed by atoms with Crippen molar-refractivity contribution in [2.75, 3.05) is 0 Å². The molecule has 0 spiro atoms. The standard InChI is InChI=1S/C7H8BN.C2H6/c1-5-3-7(8)9-4-6(5)2;1-2/h3-4H,1-2H3;1-2H3. The minimum atomic E-state index is 0.595. The molecule has 11 heavy (non-hydrogen) atoms. The Morgan fingerprint density at radius 2 is 1.73 bits per heavy atom. The van der Waals surface area contributed by atoms with E-state index < -0.39 is 0 Å². The van der Waals surface area contributed by atoms with E-state index >= 15 is 0 Å². The number of aryl methyl sites for hydroxylation is 2. The predicted molar refractivity (Wildman–Crippen MR) is 50.4 cm³/mol. The summed E-state index contributed by atoms with van der Waals surface area (Å²) >= 11 is 0. The Hall–Kier alpha value is -0.785. The fourth-order valence-corrected chi connectivity index (χ4v) is 0.646. The lowest BCUT2D eigenvalue weighted by Crippen LogP contribution is -2.07. The van der Waals surface area contributed by atoms with Crippen molar-refractivity contribution in [2.45, 2.75) is 27.7 Å². The van der Waals surface area contributed by atoms with E-state index in [2.05, 4.69) is 4.98 Å². The largest absolute Gasteiger partial charge is 0.273 e. The molecule has 0 aliphatic carbocycles. The average Bonchev–Trinajstić information content (AvgIpc) is 2.02. The summed E-state index contributed by atoms with van der Waals surface area (Å²) in [6.07, 6.45) is 1.78. The highest BCUT2D eigenvalue weighted by molar-refractivity contribution is 6.30. The molecule has 1 aromatic rings. The Bertz CT molecular complexity index is 221. The number of aromatic nitrogens is 1. The Morgan fingerprint density at radius 3 is 2.09 bits per heavy atom. The second-order valence-electron chi connectivity index (χ2n) is 2.19. The highest BCUT2D eigenvalue weighted by Gasteiger charge is 1.90. The monoisotopic (exact) mass is 147 g/mol. The predicted octanol–water partition coefficient (Wildman–Crippen LogP) is 1.52. The van der Waals surface area contributed by atoms with Crippen LogP contribution in [-0.2, 0) is 0 Å². The molecule has 0 atom stereocenters. The number of hydrogen-bond donors (Lipinski definition) is 0. The van der Waals surface area contributed by atoms with E-state index in [9.17, 15) is 0 Å². The topological polar surface area (TPSA) is 12.9 Å². The minimum Gasteiger partial charge on any atom is -0.273 e. The van der Waals surface area contributed by atoms with E-state index in [0.29, 0.717) is 5.59 Å². The van der Waals surface area contributed by atoms with Gasteiger partial charge in [-0.2, -0.15) is 0 Å². The van der Waals surface area contributed by atoms with E-state index in [1.165, 1.54) is 11.1 Å². The average molecular weight is 147 g/mol. The Morgan fingerprint density at radius 1 is 1.18 bits per heavy atom. The molecule has 0 N–H and O–H groups in total. The van der Waals surface area contributed by atoms with Crippen molar-refractivity contribution in [1.82, 2.24) is 4.98 Å². The van der Waals surface area contributed by atoms with Crippen molar-refractivity contribution in [3.8, 4) is 0 Å². The summed E-state index contributed by atoms with van der Waals surface area (Å²) in [5.41, 5.74) is 2.98. The molecule has 1 aromatic heterocycles. The van der Waals surface area contributed by atoms with Gasteiger partial charge < -0.3 is 0 Å².